The normalized spacial score (nSPS) is 17.7. The van der Waals surface area contributed by atoms with Gasteiger partial charge in [-0.1, -0.05) is 12.1 Å². The summed E-state index contributed by atoms with van der Waals surface area (Å²) in [6.07, 6.45) is 0.855. The molecule has 0 bridgehead atoms. The maximum absolute atomic E-state index is 13.0. The van der Waals surface area contributed by atoms with Crippen molar-refractivity contribution in [3.63, 3.8) is 0 Å². The minimum atomic E-state index is -5.08. The highest BCUT2D eigenvalue weighted by Gasteiger charge is 2.38. The largest absolute Gasteiger partial charge is 0.497 e. The van der Waals surface area contributed by atoms with E-state index in [0.717, 1.165) is 52.6 Å². The third kappa shape index (κ3) is 7.23. The molecule has 4 rings (SSSR count). The predicted molar refractivity (Wildman–Crippen MR) is 133 cm³/mol. The SMILES string of the molecule is COc1ccc(Cn2ccc3cc(OC4CCC(N)CC4)c(Br)cc3c2=O)cc1.O=C(O)C(F)(F)F. The molecular weight excluding hydrogens is 545 g/mol. The number of alkyl halides is 3. The van der Waals surface area contributed by atoms with Gasteiger partial charge in [-0.15, -0.1) is 0 Å². The van der Waals surface area contributed by atoms with Crippen LogP contribution in [0.5, 0.6) is 11.5 Å². The number of carboxylic acids is 1. The number of methoxy groups -OCH3 is 1. The number of hydrogen-bond donors (Lipinski definition) is 2. The first-order chi connectivity index (χ1) is 17.0. The summed E-state index contributed by atoms with van der Waals surface area (Å²) in [6, 6.07) is 13.8. The van der Waals surface area contributed by atoms with Gasteiger partial charge in [0.25, 0.3) is 5.56 Å². The van der Waals surface area contributed by atoms with Crippen LogP contribution >= 0.6 is 15.9 Å². The Labute approximate surface area is 213 Å². The van der Waals surface area contributed by atoms with Crippen molar-refractivity contribution in [1.82, 2.24) is 4.57 Å². The molecule has 0 aliphatic heterocycles. The van der Waals surface area contributed by atoms with Crippen LogP contribution in [0.4, 0.5) is 13.2 Å². The number of ether oxygens (including phenoxy) is 2. The van der Waals surface area contributed by atoms with Gasteiger partial charge in [0, 0.05) is 17.6 Å². The maximum atomic E-state index is 13.0. The molecule has 1 fully saturated rings. The summed E-state index contributed by atoms with van der Waals surface area (Å²) in [7, 11) is 1.64. The highest BCUT2D eigenvalue weighted by Crippen LogP contribution is 2.32. The first-order valence-corrected chi connectivity index (χ1v) is 11.9. The molecule has 3 N–H and O–H groups in total. The summed E-state index contributed by atoms with van der Waals surface area (Å²) >= 11 is 3.59. The molecule has 7 nitrogen and oxygen atoms in total. The Morgan fingerprint density at radius 1 is 1.14 bits per heavy atom. The number of aromatic nitrogens is 1. The van der Waals surface area contributed by atoms with E-state index in [4.69, 9.17) is 25.1 Å². The Bertz CT molecular complexity index is 1250. The number of aliphatic carboxylic acids is 1. The average molecular weight is 571 g/mol. The quantitative estimate of drug-likeness (QED) is 0.442. The number of halogens is 4. The number of carboxylic acid groups (broad SMARTS) is 1. The highest BCUT2D eigenvalue weighted by molar-refractivity contribution is 9.10. The Morgan fingerprint density at radius 3 is 2.31 bits per heavy atom. The zero-order valence-corrected chi connectivity index (χ0v) is 21.0. The third-order valence-corrected chi connectivity index (χ3v) is 6.42. The van der Waals surface area contributed by atoms with E-state index in [0.29, 0.717) is 18.0 Å². The van der Waals surface area contributed by atoms with Gasteiger partial charge < -0.3 is 24.9 Å². The second kappa shape index (κ2) is 11.8. The van der Waals surface area contributed by atoms with Crippen LogP contribution in [0.25, 0.3) is 10.8 Å². The van der Waals surface area contributed by atoms with Crippen molar-refractivity contribution < 1.29 is 32.5 Å². The number of rotatable bonds is 5. The first-order valence-electron chi connectivity index (χ1n) is 11.2. The third-order valence-electron chi connectivity index (χ3n) is 5.80. The second-order valence-corrected chi connectivity index (χ2v) is 9.28. The molecule has 194 valence electrons. The van der Waals surface area contributed by atoms with E-state index in [1.807, 2.05) is 48.7 Å². The molecular formula is C25H26BrF3N2O5. The van der Waals surface area contributed by atoms with Gasteiger partial charge in [-0.25, -0.2) is 4.79 Å². The fourth-order valence-electron chi connectivity index (χ4n) is 3.81. The first kappa shape index (κ1) is 27.5. The van der Waals surface area contributed by atoms with Crippen molar-refractivity contribution >= 4 is 32.7 Å². The van der Waals surface area contributed by atoms with Crippen molar-refractivity contribution in [2.75, 3.05) is 7.11 Å². The minimum Gasteiger partial charge on any atom is -0.497 e. The van der Waals surface area contributed by atoms with E-state index >= 15 is 0 Å². The smallest absolute Gasteiger partial charge is 0.490 e. The second-order valence-electron chi connectivity index (χ2n) is 8.42. The zero-order chi connectivity index (χ0) is 26.5. The summed E-state index contributed by atoms with van der Waals surface area (Å²) in [4.78, 5) is 21.9. The number of pyridine rings is 1. The van der Waals surface area contributed by atoms with Gasteiger partial charge in [-0.3, -0.25) is 4.79 Å². The molecule has 1 heterocycles. The van der Waals surface area contributed by atoms with E-state index in [-0.39, 0.29) is 11.7 Å². The van der Waals surface area contributed by atoms with Gasteiger partial charge in [0.15, 0.2) is 0 Å². The van der Waals surface area contributed by atoms with Crippen LogP contribution in [0, 0.1) is 0 Å². The molecule has 2 aromatic carbocycles. The lowest BCUT2D eigenvalue weighted by Crippen LogP contribution is -2.31. The molecule has 11 heteroatoms. The van der Waals surface area contributed by atoms with Crippen LogP contribution in [0.15, 0.2) is 57.9 Å². The number of benzene rings is 2. The van der Waals surface area contributed by atoms with Gasteiger partial charge in [0.05, 0.1) is 24.2 Å². The minimum absolute atomic E-state index is 0.0193. The van der Waals surface area contributed by atoms with Crippen LogP contribution in [0.3, 0.4) is 0 Å². The fourth-order valence-corrected chi connectivity index (χ4v) is 4.25. The van der Waals surface area contributed by atoms with Gasteiger partial charge in [-0.05, 0) is 82.9 Å². The highest BCUT2D eigenvalue weighted by atomic mass is 79.9. The maximum Gasteiger partial charge on any atom is 0.490 e. The van der Waals surface area contributed by atoms with Crippen LogP contribution in [-0.2, 0) is 11.3 Å². The molecule has 1 aliphatic carbocycles. The fraction of sp³-hybridized carbons (Fsp3) is 0.360. The molecule has 1 saturated carbocycles. The Morgan fingerprint density at radius 2 is 1.75 bits per heavy atom. The van der Waals surface area contributed by atoms with Crippen molar-refractivity contribution in [3.8, 4) is 11.5 Å². The zero-order valence-electron chi connectivity index (χ0n) is 19.4. The summed E-state index contributed by atoms with van der Waals surface area (Å²) < 4.78 is 45.7. The van der Waals surface area contributed by atoms with E-state index < -0.39 is 12.1 Å². The molecule has 0 spiro atoms. The van der Waals surface area contributed by atoms with Crippen molar-refractivity contribution in [2.24, 2.45) is 5.73 Å². The molecule has 1 aromatic heterocycles. The van der Waals surface area contributed by atoms with Crippen molar-refractivity contribution in [3.05, 3.63) is 69.1 Å². The summed E-state index contributed by atoms with van der Waals surface area (Å²) in [5.74, 6) is -1.17. The lowest BCUT2D eigenvalue weighted by molar-refractivity contribution is -0.192. The van der Waals surface area contributed by atoms with Gasteiger partial charge in [0.1, 0.15) is 11.5 Å². The molecule has 0 saturated heterocycles. The average Bonchev–Trinajstić information content (AvgIpc) is 2.83. The summed E-state index contributed by atoms with van der Waals surface area (Å²) in [6.45, 7) is 0.511. The molecule has 1 aliphatic rings. The molecule has 36 heavy (non-hydrogen) atoms. The molecule has 3 aromatic rings. The lowest BCUT2D eigenvalue weighted by Gasteiger charge is -2.27. The number of fused-ring (bicyclic) bond motifs is 1. The van der Waals surface area contributed by atoms with Crippen molar-refractivity contribution in [1.29, 1.82) is 0 Å². The van der Waals surface area contributed by atoms with Gasteiger partial charge in [-0.2, -0.15) is 13.2 Å². The summed E-state index contributed by atoms with van der Waals surface area (Å²) in [5, 5.41) is 8.68. The Hall–Kier alpha value is -3.05. The molecule has 0 radical (unpaired) electrons. The van der Waals surface area contributed by atoms with Crippen LogP contribution in [-0.4, -0.2) is 41.1 Å². The summed E-state index contributed by atoms with van der Waals surface area (Å²) in [5.41, 5.74) is 7.01. The molecule has 0 unspecified atom stereocenters. The van der Waals surface area contributed by atoms with Gasteiger partial charge in [0.2, 0.25) is 0 Å². The van der Waals surface area contributed by atoms with E-state index in [1.54, 1.807) is 11.7 Å². The van der Waals surface area contributed by atoms with Crippen LogP contribution in [0.1, 0.15) is 31.2 Å². The number of nitrogens with two attached hydrogens (primary N) is 1. The van der Waals surface area contributed by atoms with Crippen LogP contribution < -0.4 is 20.8 Å². The van der Waals surface area contributed by atoms with E-state index in [9.17, 15) is 18.0 Å². The van der Waals surface area contributed by atoms with Gasteiger partial charge >= 0.3 is 12.1 Å². The number of hydrogen-bond acceptors (Lipinski definition) is 5. The Balaban J connectivity index is 0.000000454. The predicted octanol–water partition coefficient (Wildman–Crippen LogP) is 5.10. The van der Waals surface area contributed by atoms with Crippen molar-refractivity contribution in [2.45, 2.75) is 50.6 Å². The van der Waals surface area contributed by atoms with Crippen LogP contribution in [0.2, 0.25) is 0 Å². The monoisotopic (exact) mass is 570 g/mol. The lowest BCUT2D eigenvalue weighted by atomic mass is 9.94. The molecule has 0 atom stereocenters. The van der Waals surface area contributed by atoms with E-state index in [1.165, 1.54) is 0 Å². The number of carbonyl (C=O) groups is 1. The topological polar surface area (TPSA) is 104 Å². The standard InChI is InChI=1S/C23H25BrN2O3.C2HF3O2/c1-28-18-6-2-15(3-7-18)14-26-11-10-16-12-22(21(24)13-20(16)23(26)27)29-19-8-4-17(25)5-9-19;3-2(4,5)1(6)7/h2-3,6-7,10-13,17,19H,4-5,8-9,14,25H2,1H3;(H,6,7). The van der Waals surface area contributed by atoms with E-state index in [2.05, 4.69) is 15.9 Å². The number of nitrogens with zero attached hydrogens (tertiary/aromatic N) is 1. The molecule has 0 amide bonds. The Kier molecular flexibility index (Phi) is 9.02.